The van der Waals surface area contributed by atoms with Gasteiger partial charge in [0.2, 0.25) is 5.88 Å². The Morgan fingerprint density at radius 2 is 1.90 bits per heavy atom. The number of aromatic nitrogens is 4. The maximum Gasteiger partial charge on any atom is 0.215 e. The Morgan fingerprint density at radius 3 is 2.65 bits per heavy atom. The van der Waals surface area contributed by atoms with Crippen molar-refractivity contribution in [2.24, 2.45) is 0 Å². The predicted octanol–water partition coefficient (Wildman–Crippen LogP) is 1.92. The van der Waals surface area contributed by atoms with E-state index in [9.17, 15) is 0 Å². The summed E-state index contributed by atoms with van der Waals surface area (Å²) in [7, 11) is 1.58. The van der Waals surface area contributed by atoms with E-state index in [1.165, 1.54) is 0 Å². The number of nitrogens with zero attached hydrogens (tertiary/aromatic N) is 4. The summed E-state index contributed by atoms with van der Waals surface area (Å²) in [4.78, 5) is 8.36. The van der Waals surface area contributed by atoms with Crippen LogP contribution in [0.1, 0.15) is 0 Å². The Hall–Kier alpha value is -2.89. The second kappa shape index (κ2) is 5.00. The number of hydrogen-bond acceptors (Lipinski definition) is 5. The topological polar surface area (TPSA) is 78.9 Å². The van der Waals surface area contributed by atoms with Gasteiger partial charge in [0, 0.05) is 23.5 Å². The van der Waals surface area contributed by atoms with E-state index >= 15 is 0 Å². The minimum absolute atomic E-state index is 0.534. The van der Waals surface area contributed by atoms with Crippen LogP contribution in [0.2, 0.25) is 0 Å². The van der Waals surface area contributed by atoms with E-state index in [-0.39, 0.29) is 0 Å². The summed E-state index contributed by atoms with van der Waals surface area (Å²) in [6.07, 6.45) is 3.32. The van der Waals surface area contributed by atoms with Crippen molar-refractivity contribution in [3.63, 3.8) is 0 Å². The lowest BCUT2D eigenvalue weighted by molar-refractivity contribution is 0.397. The highest BCUT2D eigenvalue weighted by Gasteiger charge is 2.06. The molecule has 2 N–H and O–H groups in total. The molecule has 0 amide bonds. The van der Waals surface area contributed by atoms with E-state index in [4.69, 9.17) is 10.5 Å². The fraction of sp³-hybridized carbons (Fsp3) is 0.0714. The van der Waals surface area contributed by atoms with Crippen LogP contribution in [0.25, 0.3) is 17.1 Å². The molecule has 6 nitrogen and oxygen atoms in total. The maximum absolute atomic E-state index is 5.67. The number of rotatable bonds is 3. The van der Waals surface area contributed by atoms with Gasteiger partial charge in [0.1, 0.15) is 6.33 Å². The van der Waals surface area contributed by atoms with E-state index in [0.29, 0.717) is 17.4 Å². The first-order valence-electron chi connectivity index (χ1n) is 6.04. The number of nitrogen functional groups attached to an aromatic ring is 1. The first-order valence-corrected chi connectivity index (χ1v) is 6.04. The number of benzene rings is 1. The Labute approximate surface area is 115 Å². The van der Waals surface area contributed by atoms with Gasteiger partial charge in [0.25, 0.3) is 0 Å². The Balaban J connectivity index is 1.95. The Kier molecular flexibility index (Phi) is 3.04. The van der Waals surface area contributed by atoms with Crippen molar-refractivity contribution in [3.05, 3.63) is 48.9 Å². The van der Waals surface area contributed by atoms with E-state index in [1.54, 1.807) is 30.4 Å². The van der Waals surface area contributed by atoms with Crippen LogP contribution >= 0.6 is 0 Å². The van der Waals surface area contributed by atoms with Crippen LogP contribution in [-0.2, 0) is 0 Å². The molecule has 0 spiro atoms. The molecule has 0 bridgehead atoms. The fourth-order valence-corrected chi connectivity index (χ4v) is 1.81. The SMILES string of the molecule is COc1cc(-n2cnc(-c3ccc(N)cc3)n2)ccn1. The Morgan fingerprint density at radius 1 is 1.10 bits per heavy atom. The van der Waals surface area contributed by atoms with Gasteiger partial charge in [-0.1, -0.05) is 0 Å². The van der Waals surface area contributed by atoms with Crippen LogP contribution < -0.4 is 10.5 Å². The maximum atomic E-state index is 5.67. The average molecular weight is 267 g/mol. The number of ether oxygens (including phenoxy) is 1. The van der Waals surface area contributed by atoms with Crippen LogP contribution in [0, 0.1) is 0 Å². The normalized spacial score (nSPS) is 10.4. The molecule has 0 atom stereocenters. The van der Waals surface area contributed by atoms with E-state index in [0.717, 1.165) is 11.3 Å². The molecule has 0 saturated carbocycles. The zero-order valence-corrected chi connectivity index (χ0v) is 10.9. The molecular formula is C14H13N5O. The first-order chi connectivity index (χ1) is 9.76. The molecule has 2 aromatic heterocycles. The lowest BCUT2D eigenvalue weighted by Gasteiger charge is -2.02. The van der Waals surface area contributed by atoms with Crippen molar-refractivity contribution in [3.8, 4) is 23.0 Å². The molecule has 0 radical (unpaired) electrons. The third-order valence-electron chi connectivity index (χ3n) is 2.85. The van der Waals surface area contributed by atoms with Gasteiger partial charge in [0.05, 0.1) is 12.8 Å². The minimum Gasteiger partial charge on any atom is -0.481 e. The van der Waals surface area contributed by atoms with Crippen LogP contribution in [0.5, 0.6) is 5.88 Å². The number of methoxy groups -OCH3 is 1. The standard InChI is InChI=1S/C14H13N5O/c1-20-13-8-12(6-7-16-13)19-9-17-14(18-19)10-2-4-11(15)5-3-10/h2-9H,15H2,1H3. The second-order valence-corrected chi connectivity index (χ2v) is 4.19. The van der Waals surface area contributed by atoms with E-state index < -0.39 is 0 Å². The highest BCUT2D eigenvalue weighted by molar-refractivity contribution is 5.58. The predicted molar refractivity (Wildman–Crippen MR) is 75.6 cm³/mol. The van der Waals surface area contributed by atoms with E-state index in [2.05, 4.69) is 15.1 Å². The lowest BCUT2D eigenvalue weighted by atomic mass is 10.2. The molecule has 20 heavy (non-hydrogen) atoms. The summed E-state index contributed by atoms with van der Waals surface area (Å²) in [5, 5.41) is 4.44. The van der Waals surface area contributed by atoms with Gasteiger partial charge in [-0.15, -0.1) is 5.10 Å². The molecule has 0 aliphatic carbocycles. The summed E-state index contributed by atoms with van der Waals surface area (Å²) in [5.41, 5.74) is 8.14. The average Bonchev–Trinajstić information content (AvgIpc) is 2.98. The molecule has 0 fully saturated rings. The van der Waals surface area contributed by atoms with Crippen LogP contribution in [0.4, 0.5) is 5.69 Å². The third-order valence-corrected chi connectivity index (χ3v) is 2.85. The monoisotopic (exact) mass is 267 g/mol. The molecule has 0 aliphatic rings. The van der Waals surface area contributed by atoms with Gasteiger partial charge in [-0.05, 0) is 30.3 Å². The highest BCUT2D eigenvalue weighted by Crippen LogP contribution is 2.18. The molecule has 0 aliphatic heterocycles. The van der Waals surface area contributed by atoms with Crippen molar-refractivity contribution >= 4 is 5.69 Å². The van der Waals surface area contributed by atoms with Crippen molar-refractivity contribution < 1.29 is 4.74 Å². The number of pyridine rings is 1. The van der Waals surface area contributed by atoms with Crippen molar-refractivity contribution in [1.82, 2.24) is 19.7 Å². The number of nitrogens with two attached hydrogens (primary N) is 1. The quantitative estimate of drug-likeness (QED) is 0.733. The molecule has 6 heteroatoms. The zero-order valence-electron chi connectivity index (χ0n) is 10.9. The van der Waals surface area contributed by atoms with Gasteiger partial charge in [-0.25, -0.2) is 14.6 Å². The summed E-state index contributed by atoms with van der Waals surface area (Å²) in [6.45, 7) is 0. The molecular weight excluding hydrogens is 254 g/mol. The second-order valence-electron chi connectivity index (χ2n) is 4.19. The van der Waals surface area contributed by atoms with Gasteiger partial charge in [-0.3, -0.25) is 0 Å². The summed E-state index contributed by atoms with van der Waals surface area (Å²) in [5.74, 6) is 1.17. The number of hydrogen-bond donors (Lipinski definition) is 1. The molecule has 1 aromatic carbocycles. The van der Waals surface area contributed by atoms with Crippen LogP contribution in [0.3, 0.4) is 0 Å². The lowest BCUT2D eigenvalue weighted by Crippen LogP contribution is -1.97. The molecule has 100 valence electrons. The number of anilines is 1. The largest absolute Gasteiger partial charge is 0.481 e. The minimum atomic E-state index is 0.534. The summed E-state index contributed by atoms with van der Waals surface area (Å²) in [6, 6.07) is 11.1. The summed E-state index contributed by atoms with van der Waals surface area (Å²) >= 11 is 0. The molecule has 2 heterocycles. The van der Waals surface area contributed by atoms with Gasteiger partial charge < -0.3 is 10.5 Å². The van der Waals surface area contributed by atoms with Gasteiger partial charge in [-0.2, -0.15) is 0 Å². The first kappa shape index (κ1) is 12.2. The van der Waals surface area contributed by atoms with Gasteiger partial charge in [0.15, 0.2) is 5.82 Å². The van der Waals surface area contributed by atoms with E-state index in [1.807, 2.05) is 30.3 Å². The zero-order chi connectivity index (χ0) is 13.9. The van der Waals surface area contributed by atoms with Crippen molar-refractivity contribution in [2.75, 3.05) is 12.8 Å². The fourth-order valence-electron chi connectivity index (χ4n) is 1.81. The molecule has 3 aromatic rings. The van der Waals surface area contributed by atoms with Crippen LogP contribution in [0.15, 0.2) is 48.9 Å². The van der Waals surface area contributed by atoms with Crippen molar-refractivity contribution in [1.29, 1.82) is 0 Å². The third kappa shape index (κ3) is 2.31. The summed E-state index contributed by atoms with van der Waals surface area (Å²) < 4.78 is 6.77. The molecule has 0 unspecified atom stereocenters. The molecule has 0 saturated heterocycles. The smallest absolute Gasteiger partial charge is 0.215 e. The Bertz CT molecular complexity index is 720. The van der Waals surface area contributed by atoms with Gasteiger partial charge >= 0.3 is 0 Å². The van der Waals surface area contributed by atoms with Crippen molar-refractivity contribution in [2.45, 2.75) is 0 Å². The molecule has 3 rings (SSSR count). The van der Waals surface area contributed by atoms with Crippen LogP contribution in [-0.4, -0.2) is 26.9 Å². The highest BCUT2D eigenvalue weighted by atomic mass is 16.5.